The molecule has 0 spiro atoms. The van der Waals surface area contributed by atoms with Crippen molar-refractivity contribution >= 4 is 10.0 Å². The van der Waals surface area contributed by atoms with Gasteiger partial charge in [-0.3, -0.25) is 0 Å². The monoisotopic (exact) mass is 295 g/mol. The molecule has 0 aromatic heterocycles. The van der Waals surface area contributed by atoms with Gasteiger partial charge in [0.25, 0.3) is 0 Å². The average molecular weight is 295 g/mol. The van der Waals surface area contributed by atoms with Crippen LogP contribution in [0.3, 0.4) is 0 Å². The van der Waals surface area contributed by atoms with Crippen LogP contribution in [0, 0.1) is 11.8 Å². The van der Waals surface area contributed by atoms with Gasteiger partial charge in [0.05, 0.1) is 13.7 Å². The van der Waals surface area contributed by atoms with Gasteiger partial charge >= 0.3 is 0 Å². The number of hydrogen-bond donors (Lipinski definition) is 2. The third-order valence-corrected chi connectivity index (χ3v) is 4.36. The predicted octanol–water partition coefficient (Wildman–Crippen LogP) is 0.870. The minimum Gasteiger partial charge on any atom is -0.495 e. The van der Waals surface area contributed by atoms with Gasteiger partial charge in [-0.05, 0) is 31.0 Å². The Labute approximate surface area is 119 Å². The Balaban J connectivity index is 2.33. The molecule has 0 unspecified atom stereocenters. The summed E-state index contributed by atoms with van der Waals surface area (Å²) >= 11 is 0. The third-order valence-electron chi connectivity index (χ3n) is 2.82. The Kier molecular flexibility index (Phi) is 4.65. The second kappa shape index (κ2) is 6.27. The van der Waals surface area contributed by atoms with Crippen molar-refractivity contribution in [3.63, 3.8) is 0 Å². The average Bonchev–Trinajstić information content (AvgIpc) is 3.22. The van der Waals surface area contributed by atoms with E-state index in [9.17, 15) is 8.42 Å². The summed E-state index contributed by atoms with van der Waals surface area (Å²) in [7, 11) is -2.15. The van der Waals surface area contributed by atoms with E-state index in [-0.39, 0.29) is 17.5 Å². The van der Waals surface area contributed by atoms with E-state index in [2.05, 4.69) is 16.6 Å². The van der Waals surface area contributed by atoms with Crippen LogP contribution in [0.4, 0.5) is 0 Å². The summed E-state index contributed by atoms with van der Waals surface area (Å²) in [6.45, 7) is -0.0163. The summed E-state index contributed by atoms with van der Waals surface area (Å²) in [5.41, 5.74) is 0.579. The number of hydrogen-bond acceptors (Lipinski definition) is 4. The molecule has 2 rings (SSSR count). The number of aliphatic hydroxyl groups excluding tert-OH is 1. The van der Waals surface area contributed by atoms with Crippen LogP contribution < -0.4 is 9.46 Å². The van der Waals surface area contributed by atoms with E-state index < -0.39 is 10.0 Å². The highest BCUT2D eigenvalue weighted by Gasteiger charge is 2.29. The van der Waals surface area contributed by atoms with E-state index in [1.54, 1.807) is 12.1 Å². The second-order valence-electron chi connectivity index (χ2n) is 4.54. The van der Waals surface area contributed by atoms with E-state index in [4.69, 9.17) is 9.84 Å². The highest BCUT2D eigenvalue weighted by Crippen LogP contribution is 2.28. The van der Waals surface area contributed by atoms with Gasteiger partial charge in [0.15, 0.2) is 0 Å². The van der Waals surface area contributed by atoms with Crippen LogP contribution in [0.2, 0.25) is 0 Å². The van der Waals surface area contributed by atoms with Crippen molar-refractivity contribution in [2.75, 3.05) is 13.7 Å². The first-order chi connectivity index (χ1) is 9.56. The fourth-order valence-electron chi connectivity index (χ4n) is 1.67. The Hall–Kier alpha value is -1.55. The van der Waals surface area contributed by atoms with E-state index in [1.807, 2.05) is 0 Å². The maximum atomic E-state index is 12.3. The standard InChI is InChI=1S/C14H17NO4S/c1-19-13-8-5-11(4-2-3-9-16)10-14(13)20(17,18)15-12-6-7-12/h5,8,10,12,15-16H,3,6-7,9H2,1H3. The van der Waals surface area contributed by atoms with Crippen molar-refractivity contribution in [3.05, 3.63) is 23.8 Å². The number of methoxy groups -OCH3 is 1. The SMILES string of the molecule is COc1ccc(C#CCCO)cc1S(=O)(=O)NC1CC1. The zero-order valence-electron chi connectivity index (χ0n) is 11.2. The van der Waals surface area contributed by atoms with Crippen LogP contribution in [-0.2, 0) is 10.0 Å². The molecule has 6 heteroatoms. The molecule has 0 saturated heterocycles. The van der Waals surface area contributed by atoms with E-state index >= 15 is 0 Å². The van der Waals surface area contributed by atoms with Gasteiger partial charge < -0.3 is 9.84 Å². The molecule has 108 valence electrons. The molecule has 0 radical (unpaired) electrons. The molecule has 1 aliphatic carbocycles. The minimum absolute atomic E-state index is 0.0163. The lowest BCUT2D eigenvalue weighted by Crippen LogP contribution is -2.26. The summed E-state index contributed by atoms with van der Waals surface area (Å²) < 4.78 is 32.3. The molecule has 0 aliphatic heterocycles. The Morgan fingerprint density at radius 1 is 1.45 bits per heavy atom. The summed E-state index contributed by atoms with van der Waals surface area (Å²) in [6.07, 6.45) is 2.10. The van der Waals surface area contributed by atoms with Crippen molar-refractivity contribution in [1.82, 2.24) is 4.72 Å². The van der Waals surface area contributed by atoms with Crippen molar-refractivity contribution in [2.24, 2.45) is 0 Å². The molecule has 20 heavy (non-hydrogen) atoms. The lowest BCUT2D eigenvalue weighted by molar-refractivity contribution is 0.305. The number of ether oxygens (including phenoxy) is 1. The third kappa shape index (κ3) is 3.73. The van der Waals surface area contributed by atoms with E-state index in [0.717, 1.165) is 12.8 Å². The van der Waals surface area contributed by atoms with Crippen molar-refractivity contribution in [3.8, 4) is 17.6 Å². The molecular weight excluding hydrogens is 278 g/mol. The summed E-state index contributed by atoms with van der Waals surface area (Å²) in [5.74, 6) is 5.88. The Morgan fingerprint density at radius 3 is 2.80 bits per heavy atom. The normalized spacial score (nSPS) is 14.5. The number of benzene rings is 1. The predicted molar refractivity (Wildman–Crippen MR) is 74.9 cm³/mol. The van der Waals surface area contributed by atoms with E-state index in [0.29, 0.717) is 17.7 Å². The van der Waals surface area contributed by atoms with Gasteiger partial charge in [0.2, 0.25) is 10.0 Å². The van der Waals surface area contributed by atoms with Crippen LogP contribution in [0.15, 0.2) is 23.1 Å². The lowest BCUT2D eigenvalue weighted by Gasteiger charge is -2.10. The maximum absolute atomic E-state index is 12.3. The van der Waals surface area contributed by atoms with Crippen LogP contribution >= 0.6 is 0 Å². The van der Waals surface area contributed by atoms with E-state index in [1.165, 1.54) is 13.2 Å². The Morgan fingerprint density at radius 2 is 2.20 bits per heavy atom. The molecule has 0 bridgehead atoms. The fraction of sp³-hybridized carbons (Fsp3) is 0.429. The number of rotatable bonds is 5. The lowest BCUT2D eigenvalue weighted by atomic mass is 10.2. The molecule has 5 nitrogen and oxygen atoms in total. The number of nitrogens with one attached hydrogen (secondary N) is 1. The molecule has 0 heterocycles. The first-order valence-electron chi connectivity index (χ1n) is 6.37. The van der Waals surface area contributed by atoms with Crippen LogP contribution in [0.5, 0.6) is 5.75 Å². The van der Waals surface area contributed by atoms with Gasteiger partial charge in [-0.15, -0.1) is 0 Å². The van der Waals surface area contributed by atoms with Gasteiger partial charge in [-0.1, -0.05) is 11.8 Å². The first kappa shape index (κ1) is 14.9. The smallest absolute Gasteiger partial charge is 0.244 e. The molecule has 1 aliphatic rings. The van der Waals surface area contributed by atoms with Gasteiger partial charge in [0.1, 0.15) is 10.6 Å². The van der Waals surface area contributed by atoms with Gasteiger partial charge in [-0.25, -0.2) is 13.1 Å². The molecule has 0 amide bonds. The zero-order valence-corrected chi connectivity index (χ0v) is 12.0. The highest BCUT2D eigenvalue weighted by molar-refractivity contribution is 7.89. The molecule has 1 saturated carbocycles. The van der Waals surface area contributed by atoms with Gasteiger partial charge in [-0.2, -0.15) is 0 Å². The highest BCUT2D eigenvalue weighted by atomic mass is 32.2. The number of aliphatic hydroxyl groups is 1. The largest absolute Gasteiger partial charge is 0.495 e. The molecule has 1 aromatic rings. The Bertz CT molecular complexity index is 639. The summed E-state index contributed by atoms with van der Waals surface area (Å²) in [4.78, 5) is 0.0997. The molecule has 2 N–H and O–H groups in total. The summed E-state index contributed by atoms with van der Waals surface area (Å²) in [5, 5.41) is 8.69. The van der Waals surface area contributed by atoms with Gasteiger partial charge in [0, 0.05) is 18.0 Å². The second-order valence-corrected chi connectivity index (χ2v) is 6.22. The maximum Gasteiger partial charge on any atom is 0.244 e. The number of sulfonamides is 1. The first-order valence-corrected chi connectivity index (χ1v) is 7.85. The van der Waals surface area contributed by atoms with Crippen LogP contribution in [-0.4, -0.2) is 33.3 Å². The molecule has 1 aromatic carbocycles. The molecule has 0 atom stereocenters. The van der Waals surface area contributed by atoms with Crippen molar-refractivity contribution in [1.29, 1.82) is 0 Å². The topological polar surface area (TPSA) is 75.6 Å². The molecule has 1 fully saturated rings. The van der Waals surface area contributed by atoms with Crippen molar-refractivity contribution < 1.29 is 18.3 Å². The fourth-order valence-corrected chi connectivity index (χ4v) is 3.17. The van der Waals surface area contributed by atoms with Crippen LogP contribution in [0.25, 0.3) is 0 Å². The molecular formula is C14H17NO4S. The summed E-state index contributed by atoms with van der Waals surface area (Å²) in [6, 6.07) is 4.81. The quantitative estimate of drug-likeness (QED) is 0.790. The van der Waals surface area contributed by atoms with Crippen molar-refractivity contribution in [2.45, 2.75) is 30.2 Å². The minimum atomic E-state index is -3.59. The van der Waals surface area contributed by atoms with Crippen LogP contribution in [0.1, 0.15) is 24.8 Å². The zero-order chi connectivity index (χ0) is 14.6.